The second-order valence-electron chi connectivity index (χ2n) is 5.57. The van der Waals surface area contributed by atoms with Crippen molar-refractivity contribution < 1.29 is 23.1 Å². The van der Waals surface area contributed by atoms with Gasteiger partial charge in [-0.05, 0) is 47.5 Å². The van der Waals surface area contributed by atoms with Crippen LogP contribution in [0.1, 0.15) is 28.4 Å². The molecule has 0 aliphatic heterocycles. The van der Waals surface area contributed by atoms with E-state index in [0.717, 1.165) is 17.7 Å². The number of halogens is 3. The quantitative estimate of drug-likeness (QED) is 0.873. The molecular formula is C16H16F3NO2S. The van der Waals surface area contributed by atoms with E-state index in [1.807, 2.05) is 16.8 Å². The van der Waals surface area contributed by atoms with Crippen LogP contribution in [-0.4, -0.2) is 23.2 Å². The number of thiophene rings is 1. The van der Waals surface area contributed by atoms with Crippen LogP contribution in [0.2, 0.25) is 0 Å². The molecule has 0 spiro atoms. The number of benzene rings is 1. The van der Waals surface area contributed by atoms with Crippen LogP contribution in [0.3, 0.4) is 0 Å². The van der Waals surface area contributed by atoms with E-state index < -0.39 is 23.2 Å². The molecule has 1 atom stereocenters. The van der Waals surface area contributed by atoms with Gasteiger partial charge in [0.05, 0.1) is 11.2 Å². The maximum atomic E-state index is 12.6. The largest absolute Gasteiger partial charge is 0.416 e. The first-order valence-corrected chi connectivity index (χ1v) is 7.81. The summed E-state index contributed by atoms with van der Waals surface area (Å²) in [6.45, 7) is 1.51. The summed E-state index contributed by atoms with van der Waals surface area (Å²) >= 11 is 1.50. The molecule has 23 heavy (non-hydrogen) atoms. The van der Waals surface area contributed by atoms with Crippen molar-refractivity contribution in [2.24, 2.45) is 0 Å². The number of aliphatic hydroxyl groups is 1. The molecule has 0 saturated heterocycles. The lowest BCUT2D eigenvalue weighted by atomic mass is 9.98. The Bertz CT molecular complexity index is 666. The van der Waals surface area contributed by atoms with Gasteiger partial charge >= 0.3 is 6.18 Å². The van der Waals surface area contributed by atoms with Gasteiger partial charge in [0.2, 0.25) is 0 Å². The Morgan fingerprint density at radius 1 is 1.30 bits per heavy atom. The van der Waals surface area contributed by atoms with Gasteiger partial charge in [0.15, 0.2) is 0 Å². The highest BCUT2D eigenvalue weighted by molar-refractivity contribution is 7.07. The van der Waals surface area contributed by atoms with Crippen LogP contribution < -0.4 is 5.32 Å². The summed E-state index contributed by atoms with van der Waals surface area (Å²) in [5.74, 6) is -0.651. The van der Waals surface area contributed by atoms with E-state index in [4.69, 9.17) is 0 Å². The summed E-state index contributed by atoms with van der Waals surface area (Å²) in [7, 11) is 0. The summed E-state index contributed by atoms with van der Waals surface area (Å²) in [5, 5.41) is 16.5. The molecule has 1 heterocycles. The number of alkyl halides is 3. The Morgan fingerprint density at radius 3 is 2.65 bits per heavy atom. The topological polar surface area (TPSA) is 49.3 Å². The summed E-state index contributed by atoms with van der Waals surface area (Å²) in [6, 6.07) is 6.06. The average Bonchev–Trinajstić information content (AvgIpc) is 2.96. The predicted molar refractivity (Wildman–Crippen MR) is 82.4 cm³/mol. The Hall–Kier alpha value is -1.86. The molecule has 0 radical (unpaired) electrons. The Balaban J connectivity index is 1.99. The number of hydrogen-bond donors (Lipinski definition) is 2. The average molecular weight is 343 g/mol. The van der Waals surface area contributed by atoms with Crippen molar-refractivity contribution in [1.82, 2.24) is 5.32 Å². The summed E-state index contributed by atoms with van der Waals surface area (Å²) in [6.07, 6.45) is -4.15. The van der Waals surface area contributed by atoms with Crippen LogP contribution in [-0.2, 0) is 12.6 Å². The van der Waals surface area contributed by atoms with Gasteiger partial charge in [-0.1, -0.05) is 6.07 Å². The lowest BCUT2D eigenvalue weighted by Crippen LogP contribution is -2.42. The molecule has 1 aromatic carbocycles. The zero-order valence-electron chi connectivity index (χ0n) is 12.4. The monoisotopic (exact) mass is 343 g/mol. The van der Waals surface area contributed by atoms with Crippen LogP contribution in [0, 0.1) is 0 Å². The number of hydrogen-bond acceptors (Lipinski definition) is 3. The minimum atomic E-state index is -4.50. The third-order valence-corrected chi connectivity index (χ3v) is 3.98. The van der Waals surface area contributed by atoms with Crippen LogP contribution >= 0.6 is 11.3 Å². The fourth-order valence-corrected chi connectivity index (χ4v) is 2.77. The minimum Gasteiger partial charge on any atom is -0.388 e. The van der Waals surface area contributed by atoms with Crippen molar-refractivity contribution in [3.63, 3.8) is 0 Å². The van der Waals surface area contributed by atoms with E-state index >= 15 is 0 Å². The number of rotatable bonds is 5. The normalized spacial score (nSPS) is 14.3. The smallest absolute Gasteiger partial charge is 0.388 e. The van der Waals surface area contributed by atoms with Crippen molar-refractivity contribution in [3.8, 4) is 0 Å². The summed E-state index contributed by atoms with van der Waals surface area (Å²) < 4.78 is 37.9. The standard InChI is InChI=1S/C16H16F3NO2S/c1-15(22,8-11-5-6-23-9-11)10-20-14(21)12-3-2-4-13(7-12)16(17,18)19/h2-7,9,22H,8,10H2,1H3,(H,20,21). The van der Waals surface area contributed by atoms with Crippen LogP contribution in [0.5, 0.6) is 0 Å². The van der Waals surface area contributed by atoms with Gasteiger partial charge in [-0.25, -0.2) is 0 Å². The SMILES string of the molecule is CC(O)(CNC(=O)c1cccc(C(F)(F)F)c1)Cc1ccsc1. The molecule has 1 aromatic heterocycles. The molecule has 1 unspecified atom stereocenters. The molecular weight excluding hydrogens is 327 g/mol. The second kappa shape index (κ2) is 6.72. The maximum Gasteiger partial charge on any atom is 0.416 e. The van der Waals surface area contributed by atoms with E-state index in [1.165, 1.54) is 23.5 Å². The molecule has 0 bridgehead atoms. The first-order chi connectivity index (χ1) is 10.7. The van der Waals surface area contributed by atoms with Gasteiger partial charge in [-0.2, -0.15) is 24.5 Å². The number of nitrogens with one attached hydrogen (secondary N) is 1. The van der Waals surface area contributed by atoms with Crippen LogP contribution in [0.15, 0.2) is 41.1 Å². The number of carbonyl (C=O) groups is 1. The van der Waals surface area contributed by atoms with Crippen LogP contribution in [0.4, 0.5) is 13.2 Å². The van der Waals surface area contributed by atoms with Gasteiger partial charge in [-0.3, -0.25) is 4.79 Å². The number of amides is 1. The van der Waals surface area contributed by atoms with E-state index in [2.05, 4.69) is 5.32 Å². The Morgan fingerprint density at radius 2 is 2.04 bits per heavy atom. The van der Waals surface area contributed by atoms with Crippen LogP contribution in [0.25, 0.3) is 0 Å². The molecule has 124 valence electrons. The first-order valence-electron chi connectivity index (χ1n) is 6.86. The van der Waals surface area contributed by atoms with Crippen molar-refractivity contribution in [3.05, 3.63) is 57.8 Å². The Kier molecular flexibility index (Phi) is 5.11. The second-order valence-corrected chi connectivity index (χ2v) is 6.35. The van der Waals surface area contributed by atoms with E-state index in [-0.39, 0.29) is 12.1 Å². The Labute approximate surface area is 135 Å². The molecule has 1 amide bonds. The zero-order valence-corrected chi connectivity index (χ0v) is 13.2. The van der Waals surface area contributed by atoms with E-state index in [1.54, 1.807) is 6.92 Å². The minimum absolute atomic E-state index is 0.0576. The van der Waals surface area contributed by atoms with Gasteiger partial charge < -0.3 is 10.4 Å². The van der Waals surface area contributed by atoms with Crippen molar-refractivity contribution in [1.29, 1.82) is 0 Å². The highest BCUT2D eigenvalue weighted by Crippen LogP contribution is 2.29. The fourth-order valence-electron chi connectivity index (χ4n) is 2.11. The number of carbonyl (C=O) groups excluding carboxylic acids is 1. The molecule has 7 heteroatoms. The molecule has 0 saturated carbocycles. The molecule has 0 fully saturated rings. The highest BCUT2D eigenvalue weighted by atomic mass is 32.1. The summed E-state index contributed by atoms with van der Waals surface area (Å²) in [4.78, 5) is 12.0. The summed E-state index contributed by atoms with van der Waals surface area (Å²) in [5.41, 5.74) is -1.21. The molecule has 0 aliphatic carbocycles. The van der Waals surface area contributed by atoms with Crippen molar-refractivity contribution in [2.45, 2.75) is 25.1 Å². The fraction of sp³-hybridized carbons (Fsp3) is 0.312. The lowest BCUT2D eigenvalue weighted by molar-refractivity contribution is -0.137. The van der Waals surface area contributed by atoms with Gasteiger partial charge in [0, 0.05) is 18.5 Å². The molecule has 2 rings (SSSR count). The lowest BCUT2D eigenvalue weighted by Gasteiger charge is -2.23. The highest BCUT2D eigenvalue weighted by Gasteiger charge is 2.31. The first kappa shape index (κ1) is 17.5. The molecule has 2 aromatic rings. The van der Waals surface area contributed by atoms with E-state index in [0.29, 0.717) is 6.42 Å². The maximum absolute atomic E-state index is 12.6. The third kappa shape index (κ3) is 5.07. The molecule has 0 aliphatic rings. The zero-order chi connectivity index (χ0) is 17.1. The van der Waals surface area contributed by atoms with Gasteiger partial charge in [0.25, 0.3) is 5.91 Å². The van der Waals surface area contributed by atoms with Crippen molar-refractivity contribution in [2.75, 3.05) is 6.54 Å². The van der Waals surface area contributed by atoms with E-state index in [9.17, 15) is 23.1 Å². The molecule has 3 nitrogen and oxygen atoms in total. The third-order valence-electron chi connectivity index (χ3n) is 3.25. The predicted octanol–water partition coefficient (Wildman–Crippen LogP) is 3.49. The van der Waals surface area contributed by atoms with Gasteiger partial charge in [0.1, 0.15) is 0 Å². The van der Waals surface area contributed by atoms with Gasteiger partial charge in [-0.15, -0.1) is 0 Å². The molecule has 2 N–H and O–H groups in total. The van der Waals surface area contributed by atoms with Crippen molar-refractivity contribution >= 4 is 17.2 Å².